The minimum absolute atomic E-state index is 0.0423. The first kappa shape index (κ1) is 22.4. The zero-order valence-corrected chi connectivity index (χ0v) is 18.1. The highest BCUT2D eigenvalue weighted by Gasteiger charge is 2.17. The highest BCUT2D eigenvalue weighted by molar-refractivity contribution is 6.38. The molecule has 1 aromatic heterocycles. The van der Waals surface area contributed by atoms with Gasteiger partial charge in [-0.25, -0.2) is 9.78 Å². The van der Waals surface area contributed by atoms with Crippen molar-refractivity contribution in [3.05, 3.63) is 80.4 Å². The Kier molecular flexibility index (Phi) is 6.98. The predicted molar refractivity (Wildman–Crippen MR) is 118 cm³/mol. The van der Waals surface area contributed by atoms with Crippen LogP contribution >= 0.6 is 34.8 Å². The smallest absolute Gasteiger partial charge is 0.326 e. The van der Waals surface area contributed by atoms with Gasteiger partial charge in [0.2, 0.25) is 5.88 Å². The Balaban J connectivity index is 1.75. The van der Waals surface area contributed by atoms with Crippen molar-refractivity contribution in [2.45, 2.75) is 6.92 Å². The molecule has 31 heavy (non-hydrogen) atoms. The summed E-state index contributed by atoms with van der Waals surface area (Å²) < 4.78 is 5.62. The maximum Gasteiger partial charge on any atom is 0.326 e. The van der Waals surface area contributed by atoms with Crippen LogP contribution in [0.3, 0.4) is 0 Å². The second-order valence-electron chi connectivity index (χ2n) is 6.24. The molecule has 0 spiro atoms. The molecule has 1 heterocycles. The maximum absolute atomic E-state index is 12.2. The molecule has 0 radical (unpaired) electrons. The van der Waals surface area contributed by atoms with Gasteiger partial charge in [0.05, 0.1) is 20.6 Å². The molecule has 0 aliphatic heterocycles. The SMILES string of the molecule is Cc1cnc(Oc2c(Cl)cc(NC(=O)NC(=O)c3ccccc3Cl)cc2Cl)c(C#N)c1. The van der Waals surface area contributed by atoms with Crippen LogP contribution in [0.4, 0.5) is 10.5 Å². The molecule has 3 rings (SSSR count). The van der Waals surface area contributed by atoms with E-state index in [1.807, 2.05) is 6.07 Å². The van der Waals surface area contributed by atoms with Crippen LogP contribution in [0.5, 0.6) is 11.6 Å². The molecule has 156 valence electrons. The molecule has 0 aliphatic rings. The number of aryl methyl sites for hydroxylation is 1. The van der Waals surface area contributed by atoms with Gasteiger partial charge in [0.1, 0.15) is 11.6 Å². The molecular formula is C21H13Cl3N4O3. The van der Waals surface area contributed by atoms with Crippen LogP contribution in [-0.4, -0.2) is 16.9 Å². The van der Waals surface area contributed by atoms with Crippen molar-refractivity contribution in [2.75, 3.05) is 5.32 Å². The number of carbonyl (C=O) groups excluding carboxylic acids is 2. The van der Waals surface area contributed by atoms with E-state index in [-0.39, 0.29) is 43.5 Å². The van der Waals surface area contributed by atoms with Crippen LogP contribution in [0.1, 0.15) is 21.5 Å². The van der Waals surface area contributed by atoms with Gasteiger partial charge >= 0.3 is 6.03 Å². The second-order valence-corrected chi connectivity index (χ2v) is 7.46. The predicted octanol–water partition coefficient (Wildman–Crippen LogP) is 5.98. The van der Waals surface area contributed by atoms with E-state index in [9.17, 15) is 14.9 Å². The number of ether oxygens (including phenoxy) is 1. The lowest BCUT2D eigenvalue weighted by Crippen LogP contribution is -2.34. The van der Waals surface area contributed by atoms with Gasteiger partial charge in [-0.3, -0.25) is 10.1 Å². The van der Waals surface area contributed by atoms with E-state index in [0.717, 1.165) is 5.56 Å². The van der Waals surface area contributed by atoms with Gasteiger partial charge in [0.15, 0.2) is 5.75 Å². The summed E-state index contributed by atoms with van der Waals surface area (Å²) in [6.45, 7) is 1.79. The first-order chi connectivity index (χ1) is 14.8. The number of rotatable bonds is 4. The number of imide groups is 1. The summed E-state index contributed by atoms with van der Waals surface area (Å²) in [6.07, 6.45) is 1.54. The molecule has 2 aromatic carbocycles. The van der Waals surface area contributed by atoms with E-state index in [2.05, 4.69) is 15.6 Å². The van der Waals surface area contributed by atoms with Crippen LogP contribution in [0, 0.1) is 18.3 Å². The summed E-state index contributed by atoms with van der Waals surface area (Å²) in [4.78, 5) is 28.4. The van der Waals surface area contributed by atoms with E-state index in [1.54, 1.807) is 25.1 Å². The molecule has 7 nitrogen and oxygen atoms in total. The number of hydrogen-bond acceptors (Lipinski definition) is 5. The van der Waals surface area contributed by atoms with E-state index < -0.39 is 11.9 Å². The van der Waals surface area contributed by atoms with Crippen LogP contribution in [0.25, 0.3) is 0 Å². The zero-order valence-electron chi connectivity index (χ0n) is 15.9. The number of aromatic nitrogens is 1. The van der Waals surface area contributed by atoms with E-state index in [0.29, 0.717) is 0 Å². The second kappa shape index (κ2) is 9.67. The summed E-state index contributed by atoms with van der Waals surface area (Å²) in [6, 6.07) is 11.9. The largest absolute Gasteiger partial charge is 0.435 e. The number of nitriles is 1. The van der Waals surface area contributed by atoms with Crippen LogP contribution < -0.4 is 15.4 Å². The number of benzene rings is 2. The van der Waals surface area contributed by atoms with E-state index in [1.165, 1.54) is 30.5 Å². The van der Waals surface area contributed by atoms with Gasteiger partial charge in [-0.15, -0.1) is 0 Å². The molecule has 0 fully saturated rings. The molecular weight excluding hydrogens is 463 g/mol. The van der Waals surface area contributed by atoms with Crippen molar-refractivity contribution in [3.63, 3.8) is 0 Å². The Bertz CT molecular complexity index is 1200. The van der Waals surface area contributed by atoms with E-state index >= 15 is 0 Å². The third-order valence-corrected chi connectivity index (χ3v) is 4.80. The van der Waals surface area contributed by atoms with Crippen LogP contribution in [0.15, 0.2) is 48.7 Å². The molecule has 2 N–H and O–H groups in total. The van der Waals surface area contributed by atoms with Crippen molar-refractivity contribution in [2.24, 2.45) is 0 Å². The summed E-state index contributed by atoms with van der Waals surface area (Å²) >= 11 is 18.4. The number of pyridine rings is 1. The number of carbonyl (C=O) groups is 2. The summed E-state index contributed by atoms with van der Waals surface area (Å²) in [5.74, 6) is -0.565. The molecule has 0 aliphatic carbocycles. The number of halogens is 3. The topological polar surface area (TPSA) is 104 Å². The van der Waals surface area contributed by atoms with Crippen molar-refractivity contribution >= 4 is 52.4 Å². The number of nitrogens with one attached hydrogen (secondary N) is 2. The quantitative estimate of drug-likeness (QED) is 0.483. The summed E-state index contributed by atoms with van der Waals surface area (Å²) in [5, 5.41) is 14.2. The van der Waals surface area contributed by atoms with Crippen LogP contribution in [0.2, 0.25) is 15.1 Å². The molecule has 3 aromatic rings. The maximum atomic E-state index is 12.2. The van der Waals surface area contributed by atoms with Crippen molar-refractivity contribution in [1.29, 1.82) is 5.26 Å². The van der Waals surface area contributed by atoms with E-state index in [4.69, 9.17) is 39.5 Å². The Hall–Kier alpha value is -3.31. The molecule has 0 saturated carbocycles. The fraction of sp³-hybridized carbons (Fsp3) is 0.0476. The zero-order chi connectivity index (χ0) is 22.5. The third kappa shape index (κ3) is 5.44. The minimum Gasteiger partial charge on any atom is -0.435 e. The van der Waals surface area contributed by atoms with Crippen LogP contribution in [-0.2, 0) is 0 Å². The lowest BCUT2D eigenvalue weighted by molar-refractivity contribution is 0.0967. The summed E-state index contributed by atoms with van der Waals surface area (Å²) in [5.41, 5.74) is 1.37. The molecule has 0 bridgehead atoms. The van der Waals surface area contributed by atoms with Gasteiger partial charge in [0, 0.05) is 11.9 Å². The fourth-order valence-electron chi connectivity index (χ4n) is 2.52. The molecule has 0 unspecified atom stereocenters. The average Bonchev–Trinajstić information content (AvgIpc) is 2.71. The standard InChI is InChI=1S/C21H13Cl3N4O3/c1-11-6-12(9-25)20(26-10-11)31-18-16(23)7-13(8-17(18)24)27-21(30)28-19(29)14-4-2-3-5-15(14)22/h2-8,10H,1H3,(H2,27,28,29,30). The third-order valence-electron chi connectivity index (χ3n) is 3.91. The number of urea groups is 1. The summed E-state index contributed by atoms with van der Waals surface area (Å²) in [7, 11) is 0. The monoisotopic (exact) mass is 474 g/mol. The number of hydrogen-bond donors (Lipinski definition) is 2. The lowest BCUT2D eigenvalue weighted by atomic mass is 10.2. The highest BCUT2D eigenvalue weighted by atomic mass is 35.5. The fourth-order valence-corrected chi connectivity index (χ4v) is 3.31. The molecule has 0 saturated heterocycles. The Morgan fingerprint density at radius 2 is 1.74 bits per heavy atom. The normalized spacial score (nSPS) is 10.2. The highest BCUT2D eigenvalue weighted by Crippen LogP contribution is 2.39. The molecule has 3 amide bonds. The Morgan fingerprint density at radius 1 is 1.06 bits per heavy atom. The minimum atomic E-state index is -0.808. The lowest BCUT2D eigenvalue weighted by Gasteiger charge is -2.13. The van der Waals surface area contributed by atoms with Crippen molar-refractivity contribution < 1.29 is 14.3 Å². The average molecular weight is 476 g/mol. The Labute approximate surface area is 192 Å². The Morgan fingerprint density at radius 3 is 2.39 bits per heavy atom. The number of anilines is 1. The van der Waals surface area contributed by atoms with Gasteiger partial charge in [-0.05, 0) is 42.8 Å². The van der Waals surface area contributed by atoms with Crippen molar-refractivity contribution in [3.8, 4) is 17.7 Å². The van der Waals surface area contributed by atoms with Gasteiger partial charge in [-0.2, -0.15) is 5.26 Å². The molecule has 0 atom stereocenters. The number of nitrogens with zero attached hydrogens (tertiary/aromatic N) is 2. The van der Waals surface area contributed by atoms with Gasteiger partial charge in [0.25, 0.3) is 5.91 Å². The van der Waals surface area contributed by atoms with Crippen molar-refractivity contribution in [1.82, 2.24) is 10.3 Å². The first-order valence-corrected chi connectivity index (χ1v) is 9.82. The molecule has 10 heteroatoms. The first-order valence-electron chi connectivity index (χ1n) is 8.69. The van der Waals surface area contributed by atoms with Gasteiger partial charge < -0.3 is 10.1 Å². The number of amides is 3. The van der Waals surface area contributed by atoms with Gasteiger partial charge in [-0.1, -0.05) is 46.9 Å².